The third-order valence-electron chi connectivity index (χ3n) is 3.27. The summed E-state index contributed by atoms with van der Waals surface area (Å²) >= 11 is 3.45. The molecule has 2 aromatic rings. The number of nitrogens with one attached hydrogen (secondary N) is 1. The Morgan fingerprint density at radius 3 is 2.90 bits per heavy atom. The first kappa shape index (κ1) is 13.2. The molecule has 0 saturated carbocycles. The second kappa shape index (κ2) is 5.67. The van der Waals surface area contributed by atoms with Crippen molar-refractivity contribution < 1.29 is 9.53 Å². The van der Waals surface area contributed by atoms with E-state index >= 15 is 0 Å². The van der Waals surface area contributed by atoms with Gasteiger partial charge in [-0.05, 0) is 47.9 Å². The normalized spacial score (nSPS) is 13.6. The molecule has 1 N–H and O–H groups in total. The van der Waals surface area contributed by atoms with Gasteiger partial charge in [0.1, 0.15) is 12.4 Å². The van der Waals surface area contributed by atoms with Gasteiger partial charge in [0.25, 0.3) is 0 Å². The average Bonchev–Trinajstić information content (AvgIpc) is 2.45. The largest absolute Gasteiger partial charge is 0.489 e. The van der Waals surface area contributed by atoms with E-state index in [9.17, 15) is 4.79 Å². The van der Waals surface area contributed by atoms with E-state index in [0.717, 1.165) is 33.5 Å². The molecular weight excluding hydrogens is 318 g/mol. The van der Waals surface area contributed by atoms with E-state index < -0.39 is 0 Å². The van der Waals surface area contributed by atoms with Crippen LogP contribution in [-0.4, -0.2) is 5.91 Å². The highest BCUT2D eigenvalue weighted by Gasteiger charge is 2.14. The molecule has 0 saturated heterocycles. The molecule has 1 amide bonds. The van der Waals surface area contributed by atoms with Gasteiger partial charge < -0.3 is 10.1 Å². The van der Waals surface area contributed by atoms with Gasteiger partial charge in [-0.3, -0.25) is 4.79 Å². The van der Waals surface area contributed by atoms with Crippen molar-refractivity contribution >= 4 is 27.5 Å². The molecule has 0 aromatic heterocycles. The summed E-state index contributed by atoms with van der Waals surface area (Å²) in [5.41, 5.74) is 3.15. The Morgan fingerprint density at radius 2 is 2.05 bits per heavy atom. The zero-order valence-electron chi connectivity index (χ0n) is 10.9. The van der Waals surface area contributed by atoms with E-state index in [1.165, 1.54) is 0 Å². The van der Waals surface area contributed by atoms with E-state index in [4.69, 9.17) is 4.74 Å². The van der Waals surface area contributed by atoms with E-state index in [1.54, 1.807) is 0 Å². The van der Waals surface area contributed by atoms with Crippen LogP contribution >= 0.6 is 15.9 Å². The molecule has 0 spiro atoms. The average molecular weight is 332 g/mol. The molecule has 0 radical (unpaired) electrons. The molecule has 3 nitrogen and oxygen atoms in total. The second-order valence-electron chi connectivity index (χ2n) is 4.79. The monoisotopic (exact) mass is 331 g/mol. The number of carbonyl (C=O) groups is 1. The van der Waals surface area contributed by atoms with Gasteiger partial charge in [0.05, 0.1) is 0 Å². The highest BCUT2D eigenvalue weighted by Crippen LogP contribution is 2.27. The number of anilines is 1. The molecule has 0 bridgehead atoms. The maximum atomic E-state index is 11.3. The maximum absolute atomic E-state index is 11.3. The van der Waals surface area contributed by atoms with E-state index in [2.05, 4.69) is 21.2 Å². The Balaban J connectivity index is 1.71. The van der Waals surface area contributed by atoms with Crippen LogP contribution in [0.5, 0.6) is 5.75 Å². The molecule has 4 heteroatoms. The lowest BCUT2D eigenvalue weighted by molar-refractivity contribution is -0.116. The zero-order chi connectivity index (χ0) is 13.9. The molecule has 0 aliphatic carbocycles. The standard InChI is InChI=1S/C16H14BrNO2/c17-13-3-1-2-11(8-13)10-20-14-5-6-15-12(9-14)4-7-16(19)18-15/h1-3,5-6,8-9H,4,7,10H2,(H,18,19). The van der Waals surface area contributed by atoms with Crippen molar-refractivity contribution in [3.05, 3.63) is 58.1 Å². The van der Waals surface area contributed by atoms with Gasteiger partial charge >= 0.3 is 0 Å². The molecule has 1 aliphatic heterocycles. The van der Waals surface area contributed by atoms with Gasteiger partial charge in [-0.2, -0.15) is 0 Å². The van der Waals surface area contributed by atoms with Crippen LogP contribution in [0.3, 0.4) is 0 Å². The number of benzene rings is 2. The lowest BCUT2D eigenvalue weighted by Crippen LogP contribution is -2.18. The van der Waals surface area contributed by atoms with Crippen LogP contribution in [0.25, 0.3) is 0 Å². The third kappa shape index (κ3) is 3.02. The number of hydrogen-bond donors (Lipinski definition) is 1. The van der Waals surface area contributed by atoms with Crippen LogP contribution < -0.4 is 10.1 Å². The number of carbonyl (C=O) groups excluding carboxylic acids is 1. The number of fused-ring (bicyclic) bond motifs is 1. The van der Waals surface area contributed by atoms with E-state index in [-0.39, 0.29) is 5.91 Å². The van der Waals surface area contributed by atoms with Crippen molar-refractivity contribution in [1.29, 1.82) is 0 Å². The predicted molar refractivity (Wildman–Crippen MR) is 81.9 cm³/mol. The number of amides is 1. The van der Waals surface area contributed by atoms with Crippen LogP contribution in [0.1, 0.15) is 17.5 Å². The SMILES string of the molecule is O=C1CCc2cc(OCc3cccc(Br)c3)ccc2N1. The molecule has 102 valence electrons. The number of halogens is 1. The first-order valence-corrected chi connectivity index (χ1v) is 7.30. The number of hydrogen-bond acceptors (Lipinski definition) is 2. The van der Waals surface area contributed by atoms with E-state index in [1.807, 2.05) is 42.5 Å². The first-order chi connectivity index (χ1) is 9.70. The Hall–Kier alpha value is -1.81. The second-order valence-corrected chi connectivity index (χ2v) is 5.70. The topological polar surface area (TPSA) is 38.3 Å². The van der Waals surface area contributed by atoms with Crippen LogP contribution in [-0.2, 0) is 17.8 Å². The summed E-state index contributed by atoms with van der Waals surface area (Å²) in [5, 5.41) is 2.87. The summed E-state index contributed by atoms with van der Waals surface area (Å²) in [4.78, 5) is 11.3. The van der Waals surface area contributed by atoms with Gasteiger partial charge in [-0.15, -0.1) is 0 Å². The minimum atomic E-state index is 0.0836. The van der Waals surface area contributed by atoms with Gasteiger partial charge in [0.2, 0.25) is 5.91 Å². The quantitative estimate of drug-likeness (QED) is 0.925. The summed E-state index contributed by atoms with van der Waals surface area (Å²) in [6.45, 7) is 0.532. The van der Waals surface area contributed by atoms with Gasteiger partial charge in [-0.1, -0.05) is 28.1 Å². The molecule has 0 unspecified atom stereocenters. The Morgan fingerprint density at radius 1 is 1.15 bits per heavy atom. The first-order valence-electron chi connectivity index (χ1n) is 6.51. The Bertz CT molecular complexity index is 655. The van der Waals surface area contributed by atoms with Crippen molar-refractivity contribution in [3.8, 4) is 5.75 Å². The van der Waals surface area contributed by atoms with E-state index in [0.29, 0.717) is 13.0 Å². The van der Waals surface area contributed by atoms with Crippen molar-refractivity contribution in [2.75, 3.05) is 5.32 Å². The van der Waals surface area contributed by atoms with Crippen molar-refractivity contribution in [2.24, 2.45) is 0 Å². The summed E-state index contributed by atoms with van der Waals surface area (Å²) in [5.74, 6) is 0.917. The fourth-order valence-electron chi connectivity index (χ4n) is 2.24. The van der Waals surface area contributed by atoms with Crippen molar-refractivity contribution in [3.63, 3.8) is 0 Å². The summed E-state index contributed by atoms with van der Waals surface area (Å²) in [6.07, 6.45) is 1.32. The number of rotatable bonds is 3. The Kier molecular flexibility index (Phi) is 3.74. The number of ether oxygens (including phenoxy) is 1. The fourth-order valence-corrected chi connectivity index (χ4v) is 2.69. The summed E-state index contributed by atoms with van der Waals surface area (Å²) in [7, 11) is 0. The van der Waals surface area contributed by atoms with Gasteiger partial charge in [-0.25, -0.2) is 0 Å². The fraction of sp³-hybridized carbons (Fsp3) is 0.188. The number of aryl methyl sites for hydroxylation is 1. The molecule has 3 rings (SSSR count). The molecule has 2 aromatic carbocycles. The molecule has 1 heterocycles. The van der Waals surface area contributed by atoms with Gasteiger partial charge in [0.15, 0.2) is 0 Å². The van der Waals surface area contributed by atoms with Crippen molar-refractivity contribution in [1.82, 2.24) is 0 Å². The van der Waals surface area contributed by atoms with Crippen LogP contribution in [0, 0.1) is 0 Å². The summed E-state index contributed by atoms with van der Waals surface area (Å²) < 4.78 is 6.85. The maximum Gasteiger partial charge on any atom is 0.224 e. The molecule has 0 atom stereocenters. The Labute approximate surface area is 126 Å². The highest BCUT2D eigenvalue weighted by atomic mass is 79.9. The predicted octanol–water partition coefficient (Wildman–Crippen LogP) is 3.91. The zero-order valence-corrected chi connectivity index (χ0v) is 12.4. The van der Waals surface area contributed by atoms with Crippen molar-refractivity contribution in [2.45, 2.75) is 19.4 Å². The molecule has 20 heavy (non-hydrogen) atoms. The van der Waals surface area contributed by atoms with Crippen LogP contribution in [0.4, 0.5) is 5.69 Å². The van der Waals surface area contributed by atoms with Crippen LogP contribution in [0.15, 0.2) is 46.9 Å². The van der Waals surface area contributed by atoms with Gasteiger partial charge in [0, 0.05) is 16.6 Å². The molecule has 0 fully saturated rings. The molecule has 1 aliphatic rings. The third-order valence-corrected chi connectivity index (χ3v) is 3.76. The molecular formula is C16H14BrNO2. The smallest absolute Gasteiger partial charge is 0.224 e. The minimum absolute atomic E-state index is 0.0836. The lowest BCUT2D eigenvalue weighted by Gasteiger charge is -2.17. The lowest BCUT2D eigenvalue weighted by atomic mass is 10.0. The minimum Gasteiger partial charge on any atom is -0.489 e. The highest BCUT2D eigenvalue weighted by molar-refractivity contribution is 9.10. The summed E-state index contributed by atoms with van der Waals surface area (Å²) in [6, 6.07) is 13.9. The van der Waals surface area contributed by atoms with Crippen LogP contribution in [0.2, 0.25) is 0 Å².